The highest BCUT2D eigenvalue weighted by molar-refractivity contribution is 5.90. The molecular formula is C33H34F9N5O6. The molecular weight excluding hydrogens is 733 g/mol. The van der Waals surface area contributed by atoms with Crippen LogP contribution in [0.2, 0.25) is 0 Å². The molecule has 53 heavy (non-hydrogen) atoms. The van der Waals surface area contributed by atoms with Crippen molar-refractivity contribution in [2.75, 3.05) is 36.7 Å². The molecule has 290 valence electrons. The summed E-state index contributed by atoms with van der Waals surface area (Å²) in [5.41, 5.74) is -7.46. The molecule has 0 fully saturated rings. The number of alkyl halides is 9. The van der Waals surface area contributed by atoms with E-state index in [1.54, 1.807) is 6.92 Å². The lowest BCUT2D eigenvalue weighted by Gasteiger charge is -2.43. The van der Waals surface area contributed by atoms with Crippen molar-refractivity contribution < 1.29 is 68.4 Å². The van der Waals surface area contributed by atoms with E-state index in [1.807, 2.05) is 0 Å². The summed E-state index contributed by atoms with van der Waals surface area (Å²) in [6, 6.07) is 0.0920. The molecule has 0 spiro atoms. The van der Waals surface area contributed by atoms with Crippen molar-refractivity contribution in [1.82, 2.24) is 15.0 Å². The molecule has 11 nitrogen and oxygen atoms in total. The number of pyridine rings is 1. The zero-order chi connectivity index (χ0) is 39.5. The summed E-state index contributed by atoms with van der Waals surface area (Å²) in [5.74, 6) is -1.54. The monoisotopic (exact) mass is 767 g/mol. The van der Waals surface area contributed by atoms with Crippen molar-refractivity contribution in [3.8, 4) is 5.75 Å². The third kappa shape index (κ3) is 9.76. The fourth-order valence-electron chi connectivity index (χ4n) is 5.39. The Labute approximate surface area is 296 Å². The molecule has 1 N–H and O–H groups in total. The predicted molar refractivity (Wildman–Crippen MR) is 168 cm³/mol. The van der Waals surface area contributed by atoms with E-state index in [0.29, 0.717) is 18.2 Å². The number of carbonyl (C=O) groups is 2. The van der Waals surface area contributed by atoms with Gasteiger partial charge in [0.05, 0.1) is 53.0 Å². The molecule has 1 aliphatic rings. The number of carboxylic acid groups (broad SMARTS) is 1. The number of methoxy groups -OCH3 is 1. The topological polar surface area (TPSA) is 127 Å². The molecule has 2 aromatic heterocycles. The third-order valence-electron chi connectivity index (χ3n) is 8.24. The number of carbonyl (C=O) groups excluding carboxylic acids is 1. The first-order chi connectivity index (χ1) is 24.6. The van der Waals surface area contributed by atoms with Crippen LogP contribution < -0.4 is 14.5 Å². The number of aliphatic carboxylic acids is 1. The molecule has 0 saturated carbocycles. The van der Waals surface area contributed by atoms with Gasteiger partial charge in [0.1, 0.15) is 18.9 Å². The van der Waals surface area contributed by atoms with Gasteiger partial charge in [-0.25, -0.2) is 19.7 Å². The van der Waals surface area contributed by atoms with E-state index in [0.717, 1.165) is 28.3 Å². The lowest BCUT2D eigenvalue weighted by molar-refractivity contribution is -0.149. The number of amides is 1. The summed E-state index contributed by atoms with van der Waals surface area (Å²) < 4.78 is 141. The summed E-state index contributed by atoms with van der Waals surface area (Å²) >= 11 is 0. The maximum absolute atomic E-state index is 14.1. The second-order valence-corrected chi connectivity index (χ2v) is 12.6. The fourth-order valence-corrected chi connectivity index (χ4v) is 5.39. The van der Waals surface area contributed by atoms with Gasteiger partial charge in [0.15, 0.2) is 5.75 Å². The molecule has 3 heterocycles. The first kappa shape index (κ1) is 40.9. The molecule has 4 rings (SSSR count). The number of anilines is 2. The lowest BCUT2D eigenvalue weighted by Crippen LogP contribution is -2.49. The average Bonchev–Trinajstić information content (AvgIpc) is 3.07. The third-order valence-corrected chi connectivity index (χ3v) is 8.24. The highest BCUT2D eigenvalue weighted by Crippen LogP contribution is 2.45. The van der Waals surface area contributed by atoms with Crippen LogP contribution in [0.15, 0.2) is 42.7 Å². The molecule has 2 atom stereocenters. The highest BCUT2D eigenvalue weighted by atomic mass is 19.4. The summed E-state index contributed by atoms with van der Waals surface area (Å²) in [4.78, 5) is 39.4. The molecule has 20 heteroatoms. The van der Waals surface area contributed by atoms with Crippen LogP contribution in [0.5, 0.6) is 5.75 Å². The Bertz CT molecular complexity index is 1740. The van der Waals surface area contributed by atoms with Crippen LogP contribution >= 0.6 is 0 Å². The fraction of sp³-hybridized carbons (Fsp3) is 0.485. The number of halogens is 9. The van der Waals surface area contributed by atoms with Gasteiger partial charge in [-0.05, 0) is 62.6 Å². The van der Waals surface area contributed by atoms with Gasteiger partial charge in [-0.1, -0.05) is 6.92 Å². The second-order valence-electron chi connectivity index (χ2n) is 12.6. The number of benzene rings is 1. The Kier molecular flexibility index (Phi) is 12.0. The Balaban J connectivity index is 1.92. The minimum absolute atomic E-state index is 0.0568. The van der Waals surface area contributed by atoms with Gasteiger partial charge in [-0.2, -0.15) is 39.5 Å². The maximum Gasteiger partial charge on any atom is 0.433 e. The van der Waals surface area contributed by atoms with Crippen LogP contribution in [0.4, 0.5) is 55.9 Å². The zero-order valence-corrected chi connectivity index (χ0v) is 28.6. The maximum atomic E-state index is 14.1. The van der Waals surface area contributed by atoms with Crippen molar-refractivity contribution in [1.29, 1.82) is 0 Å². The first-order valence-corrected chi connectivity index (χ1v) is 15.8. The molecule has 0 aliphatic carbocycles. The molecule has 1 aliphatic heterocycles. The van der Waals surface area contributed by atoms with E-state index in [9.17, 15) is 54.2 Å². The van der Waals surface area contributed by atoms with Crippen molar-refractivity contribution in [2.24, 2.45) is 5.41 Å². The van der Waals surface area contributed by atoms with Crippen LogP contribution in [0.25, 0.3) is 0 Å². The molecule has 0 bridgehead atoms. The number of aromatic nitrogens is 3. The Morgan fingerprint density at radius 2 is 1.53 bits per heavy atom. The predicted octanol–water partition coefficient (Wildman–Crippen LogP) is 7.94. The smallest absolute Gasteiger partial charge is 0.433 e. The summed E-state index contributed by atoms with van der Waals surface area (Å²) in [7, 11) is 1.42. The van der Waals surface area contributed by atoms with Crippen molar-refractivity contribution in [2.45, 2.75) is 70.8 Å². The van der Waals surface area contributed by atoms with Crippen LogP contribution in [-0.2, 0) is 39.3 Å². The number of carboxylic acids is 1. The first-order valence-electron chi connectivity index (χ1n) is 15.8. The highest BCUT2D eigenvalue weighted by Gasteiger charge is 2.44. The van der Waals surface area contributed by atoms with E-state index in [2.05, 4.69) is 15.0 Å². The van der Waals surface area contributed by atoms with Crippen LogP contribution in [-0.4, -0.2) is 65.1 Å². The molecule has 1 amide bonds. The van der Waals surface area contributed by atoms with Crippen molar-refractivity contribution in [3.63, 3.8) is 0 Å². The minimum Gasteiger partial charge on any atom is -0.488 e. The van der Waals surface area contributed by atoms with Crippen molar-refractivity contribution >= 4 is 23.7 Å². The van der Waals surface area contributed by atoms with Gasteiger partial charge in [-0.3, -0.25) is 9.69 Å². The molecule has 3 aromatic rings. The number of rotatable bonds is 12. The minimum atomic E-state index is -5.21. The number of fused-ring (bicyclic) bond motifs is 1. The molecule has 0 unspecified atom stereocenters. The van der Waals surface area contributed by atoms with E-state index in [4.69, 9.17) is 14.2 Å². The van der Waals surface area contributed by atoms with Gasteiger partial charge in [0, 0.05) is 19.7 Å². The normalized spacial score (nSPS) is 16.6. The SMILES string of the molecule is CC[C@@H]1C[C@@H](N(Cc2cc(C(F)(F)F)cc(C(F)(F)F)c2)c2ncc(OCCOC)cn2)c2nc(C(F)(F)F)ccc2N1C(=O)OCC(C)(C)C(=O)O. The standard InChI is InChI=1S/C33H34F9N5O6/c1-5-21-13-24(26-23(6-7-25(45-26)33(40,41)42)47(21)29(50)53-17-30(2,3)27(48)49)46(28-43-14-22(15-44-28)52-9-8-51-4)16-18-10-19(31(34,35)36)12-20(11-18)32(37,38)39/h6-7,10-12,14-15,21,24H,5,8-9,13,16-17H2,1-4H3,(H,48,49)/t21-,24-/m1/s1. The number of hydrogen-bond acceptors (Lipinski definition) is 9. The van der Waals surface area contributed by atoms with E-state index >= 15 is 0 Å². The van der Waals surface area contributed by atoms with Gasteiger partial charge >= 0.3 is 30.6 Å². The molecule has 0 saturated heterocycles. The molecule has 1 aromatic carbocycles. The van der Waals surface area contributed by atoms with Crippen LogP contribution in [0.3, 0.4) is 0 Å². The quantitative estimate of drug-likeness (QED) is 0.143. The lowest BCUT2D eigenvalue weighted by atomic mass is 9.91. The second kappa shape index (κ2) is 15.6. The Morgan fingerprint density at radius 1 is 0.925 bits per heavy atom. The summed E-state index contributed by atoms with van der Waals surface area (Å²) in [6.45, 7) is 2.97. The summed E-state index contributed by atoms with van der Waals surface area (Å²) in [5, 5.41) is 9.47. The number of hydrogen-bond donors (Lipinski definition) is 1. The van der Waals surface area contributed by atoms with E-state index < -0.39 is 89.3 Å². The number of ether oxygens (including phenoxy) is 3. The average molecular weight is 768 g/mol. The Morgan fingerprint density at radius 3 is 2.04 bits per heavy atom. The number of nitrogens with zero attached hydrogens (tertiary/aromatic N) is 5. The van der Waals surface area contributed by atoms with Gasteiger partial charge in [0.2, 0.25) is 5.95 Å². The van der Waals surface area contributed by atoms with Gasteiger partial charge in [0.25, 0.3) is 0 Å². The summed E-state index contributed by atoms with van der Waals surface area (Å²) in [6.07, 6.45) is -14.5. The largest absolute Gasteiger partial charge is 0.488 e. The molecule has 0 radical (unpaired) electrons. The van der Waals surface area contributed by atoms with Gasteiger partial charge in [-0.15, -0.1) is 0 Å². The van der Waals surface area contributed by atoms with Crippen molar-refractivity contribution in [3.05, 3.63) is 70.8 Å². The van der Waals surface area contributed by atoms with E-state index in [1.165, 1.54) is 21.0 Å². The van der Waals surface area contributed by atoms with Crippen LogP contribution in [0, 0.1) is 5.41 Å². The Hall–Kier alpha value is -4.88. The van der Waals surface area contributed by atoms with Crippen LogP contribution in [0.1, 0.15) is 67.7 Å². The van der Waals surface area contributed by atoms with Gasteiger partial charge < -0.3 is 24.2 Å². The van der Waals surface area contributed by atoms with E-state index in [-0.39, 0.29) is 49.5 Å². The zero-order valence-electron chi connectivity index (χ0n) is 28.6.